The van der Waals surface area contributed by atoms with Gasteiger partial charge in [0.1, 0.15) is 11.5 Å². The molecule has 0 fully saturated rings. The molecule has 230 valence electrons. The minimum absolute atomic E-state index is 0. The predicted octanol–water partition coefficient (Wildman–Crippen LogP) is 6.69. The summed E-state index contributed by atoms with van der Waals surface area (Å²) in [6.45, 7) is 0.966. The zero-order valence-corrected chi connectivity index (χ0v) is 25.9. The molecule has 0 aromatic heterocycles. The van der Waals surface area contributed by atoms with E-state index in [1.165, 1.54) is 24.1 Å². The SMILES string of the molecule is CNCCCN(Cc1c(-c2c(O)ccc3ccccc23)cc(NS(=O)(=O)c2ccc(OC)cc2)c2ccccc12)C(=O)O.Cl. The molecule has 0 radical (unpaired) electrons. The first-order chi connectivity index (χ1) is 20.7. The Balaban J connectivity index is 0.00000442. The lowest BCUT2D eigenvalue weighted by Gasteiger charge is -2.25. The van der Waals surface area contributed by atoms with E-state index in [4.69, 9.17) is 4.74 Å². The van der Waals surface area contributed by atoms with Crippen molar-refractivity contribution in [2.75, 3.05) is 32.0 Å². The van der Waals surface area contributed by atoms with Gasteiger partial charge in [0.2, 0.25) is 0 Å². The fraction of sp³-hybridized carbons (Fsp3) is 0.182. The molecule has 0 saturated carbocycles. The van der Waals surface area contributed by atoms with E-state index >= 15 is 0 Å². The van der Waals surface area contributed by atoms with Crippen molar-refractivity contribution in [2.45, 2.75) is 17.9 Å². The van der Waals surface area contributed by atoms with Gasteiger partial charge in [-0.25, -0.2) is 13.2 Å². The van der Waals surface area contributed by atoms with E-state index in [1.807, 2.05) is 49.5 Å². The van der Waals surface area contributed by atoms with Gasteiger partial charge in [-0.1, -0.05) is 54.6 Å². The van der Waals surface area contributed by atoms with Gasteiger partial charge >= 0.3 is 6.09 Å². The van der Waals surface area contributed by atoms with Crippen LogP contribution in [0.25, 0.3) is 32.7 Å². The maximum Gasteiger partial charge on any atom is 0.407 e. The highest BCUT2D eigenvalue weighted by molar-refractivity contribution is 7.92. The van der Waals surface area contributed by atoms with Crippen LogP contribution in [-0.2, 0) is 16.6 Å². The van der Waals surface area contributed by atoms with Crippen molar-refractivity contribution < 1.29 is 28.2 Å². The summed E-state index contributed by atoms with van der Waals surface area (Å²) in [6, 6.07) is 26.0. The van der Waals surface area contributed by atoms with Crippen LogP contribution in [0, 0.1) is 0 Å². The number of sulfonamides is 1. The molecule has 11 heteroatoms. The highest BCUT2D eigenvalue weighted by Crippen LogP contribution is 2.43. The number of benzene rings is 5. The summed E-state index contributed by atoms with van der Waals surface area (Å²) >= 11 is 0. The smallest absolute Gasteiger partial charge is 0.407 e. The van der Waals surface area contributed by atoms with Gasteiger partial charge in [0.05, 0.1) is 24.2 Å². The Kier molecular flexibility index (Phi) is 10.2. The molecule has 5 aromatic carbocycles. The lowest BCUT2D eigenvalue weighted by atomic mass is 9.89. The first-order valence-corrected chi connectivity index (χ1v) is 15.3. The number of aromatic hydroxyl groups is 1. The van der Waals surface area contributed by atoms with Crippen molar-refractivity contribution in [1.82, 2.24) is 10.2 Å². The number of ether oxygens (including phenoxy) is 1. The molecule has 44 heavy (non-hydrogen) atoms. The maximum absolute atomic E-state index is 13.6. The van der Waals surface area contributed by atoms with Crippen LogP contribution >= 0.6 is 12.4 Å². The van der Waals surface area contributed by atoms with Crippen molar-refractivity contribution in [2.24, 2.45) is 0 Å². The number of anilines is 1. The van der Waals surface area contributed by atoms with E-state index < -0.39 is 16.1 Å². The third-order valence-corrected chi connectivity index (χ3v) is 8.80. The summed E-state index contributed by atoms with van der Waals surface area (Å²) in [7, 11) is -0.708. The number of hydrogen-bond acceptors (Lipinski definition) is 6. The number of fused-ring (bicyclic) bond motifs is 2. The zero-order chi connectivity index (χ0) is 30.6. The minimum Gasteiger partial charge on any atom is -0.507 e. The molecule has 0 heterocycles. The second-order valence-electron chi connectivity index (χ2n) is 10.1. The number of amides is 1. The van der Waals surface area contributed by atoms with Crippen LogP contribution in [0.3, 0.4) is 0 Å². The number of nitrogens with zero attached hydrogens (tertiary/aromatic N) is 1. The third-order valence-electron chi connectivity index (χ3n) is 7.42. The predicted molar refractivity (Wildman–Crippen MR) is 177 cm³/mol. The summed E-state index contributed by atoms with van der Waals surface area (Å²) in [5, 5.41) is 27.3. The Morgan fingerprint density at radius 3 is 2.23 bits per heavy atom. The normalized spacial score (nSPS) is 11.2. The van der Waals surface area contributed by atoms with E-state index in [9.17, 15) is 23.4 Å². The van der Waals surface area contributed by atoms with Crippen LogP contribution in [0.4, 0.5) is 10.5 Å². The van der Waals surface area contributed by atoms with Crippen molar-refractivity contribution in [3.05, 3.63) is 96.6 Å². The molecule has 1 amide bonds. The molecule has 0 atom stereocenters. The summed E-state index contributed by atoms with van der Waals surface area (Å²) in [5.74, 6) is 0.524. The van der Waals surface area contributed by atoms with Gasteiger partial charge in [-0.15, -0.1) is 12.4 Å². The first kappa shape index (κ1) is 32.4. The lowest BCUT2D eigenvalue weighted by Crippen LogP contribution is -2.31. The molecular weight excluding hydrogens is 602 g/mol. The molecule has 5 aromatic rings. The van der Waals surface area contributed by atoms with Gasteiger partial charge in [0, 0.05) is 17.5 Å². The van der Waals surface area contributed by atoms with Gasteiger partial charge in [0.15, 0.2) is 0 Å². The second-order valence-corrected chi connectivity index (χ2v) is 11.8. The number of phenolic OH excluding ortho intramolecular Hbond substituents is 1. The summed E-state index contributed by atoms with van der Waals surface area (Å²) in [6.07, 6.45) is -0.465. The standard InChI is InChI=1S/C33H33N3O6S.ClH/c1-34-18-7-19-36(33(38)39)21-29-26-10-5-6-11-27(26)30(35-43(40,41)24-15-13-23(42-2)14-16-24)20-28(29)32-25-9-4-3-8-22(25)12-17-31(32)37;/h3-6,8-17,20,34-35,37H,7,18-19,21H2,1-2H3,(H,38,39);1H. The maximum atomic E-state index is 13.6. The van der Waals surface area contributed by atoms with E-state index in [-0.39, 0.29) is 36.1 Å². The Bertz CT molecular complexity index is 1900. The van der Waals surface area contributed by atoms with Crippen molar-refractivity contribution >= 4 is 55.8 Å². The first-order valence-electron chi connectivity index (χ1n) is 13.8. The third kappa shape index (κ3) is 6.67. The zero-order valence-electron chi connectivity index (χ0n) is 24.3. The molecule has 0 spiro atoms. The van der Waals surface area contributed by atoms with Gasteiger partial charge in [0.25, 0.3) is 10.0 Å². The van der Waals surface area contributed by atoms with Crippen LogP contribution < -0.4 is 14.8 Å². The van der Waals surface area contributed by atoms with Gasteiger partial charge in [-0.05, 0) is 83.7 Å². The van der Waals surface area contributed by atoms with Crippen LogP contribution in [0.15, 0.2) is 95.9 Å². The number of nitrogens with one attached hydrogen (secondary N) is 2. The number of phenols is 1. The van der Waals surface area contributed by atoms with Crippen LogP contribution in [0.2, 0.25) is 0 Å². The van der Waals surface area contributed by atoms with Crippen molar-refractivity contribution in [3.8, 4) is 22.6 Å². The Hall–Kier alpha value is -4.51. The number of carbonyl (C=O) groups is 1. The molecule has 0 bridgehead atoms. The molecule has 9 nitrogen and oxygen atoms in total. The van der Waals surface area contributed by atoms with Crippen molar-refractivity contribution in [3.63, 3.8) is 0 Å². The molecule has 0 aliphatic rings. The molecule has 0 saturated heterocycles. The topological polar surface area (TPSA) is 128 Å². The summed E-state index contributed by atoms with van der Waals surface area (Å²) in [4.78, 5) is 13.8. The summed E-state index contributed by atoms with van der Waals surface area (Å²) in [5.41, 5.74) is 1.97. The van der Waals surface area contributed by atoms with Crippen LogP contribution in [0.1, 0.15) is 12.0 Å². The number of hydrogen-bond donors (Lipinski definition) is 4. The second kappa shape index (κ2) is 13.9. The average Bonchev–Trinajstić information content (AvgIpc) is 3.01. The molecule has 0 aliphatic carbocycles. The minimum atomic E-state index is -4.03. The number of carboxylic acid groups (broad SMARTS) is 1. The number of methoxy groups -OCH3 is 1. The lowest BCUT2D eigenvalue weighted by molar-refractivity contribution is 0.142. The Morgan fingerprint density at radius 1 is 0.909 bits per heavy atom. The molecule has 4 N–H and O–H groups in total. The van der Waals surface area contributed by atoms with E-state index in [2.05, 4.69) is 10.0 Å². The molecule has 5 rings (SSSR count). The Labute approximate surface area is 262 Å². The summed E-state index contributed by atoms with van der Waals surface area (Å²) < 4.78 is 35.1. The van der Waals surface area contributed by atoms with E-state index in [0.29, 0.717) is 51.9 Å². The van der Waals surface area contributed by atoms with E-state index in [0.717, 1.165) is 10.8 Å². The van der Waals surface area contributed by atoms with Crippen LogP contribution in [-0.4, -0.2) is 56.9 Å². The largest absolute Gasteiger partial charge is 0.507 e. The molecule has 0 unspecified atom stereocenters. The van der Waals surface area contributed by atoms with Gasteiger partial charge in [-0.2, -0.15) is 0 Å². The van der Waals surface area contributed by atoms with Gasteiger partial charge in [-0.3, -0.25) is 4.72 Å². The highest BCUT2D eigenvalue weighted by Gasteiger charge is 2.24. The van der Waals surface area contributed by atoms with Gasteiger partial charge < -0.3 is 25.2 Å². The molecule has 0 aliphatic heterocycles. The Morgan fingerprint density at radius 2 is 1.57 bits per heavy atom. The number of rotatable bonds is 11. The fourth-order valence-corrected chi connectivity index (χ4v) is 6.37. The van der Waals surface area contributed by atoms with Crippen molar-refractivity contribution in [1.29, 1.82) is 0 Å². The van der Waals surface area contributed by atoms with E-state index in [1.54, 1.807) is 36.4 Å². The monoisotopic (exact) mass is 635 g/mol. The average molecular weight is 636 g/mol. The molecular formula is C33H34ClN3O6S. The fourth-order valence-electron chi connectivity index (χ4n) is 5.29. The van der Waals surface area contributed by atoms with Crippen LogP contribution in [0.5, 0.6) is 11.5 Å². The highest BCUT2D eigenvalue weighted by atomic mass is 35.5. The quantitative estimate of drug-likeness (QED) is 0.119. The number of halogens is 1.